The Labute approximate surface area is 219 Å². The van der Waals surface area contributed by atoms with Crippen molar-refractivity contribution < 1.29 is 9.84 Å². The van der Waals surface area contributed by atoms with Gasteiger partial charge in [-0.1, -0.05) is 60.7 Å². The number of nitrogens with zero attached hydrogens (tertiary/aromatic N) is 3. The van der Waals surface area contributed by atoms with E-state index in [4.69, 9.17) is 9.72 Å². The summed E-state index contributed by atoms with van der Waals surface area (Å²) in [5, 5.41) is 14.3. The fourth-order valence-electron chi connectivity index (χ4n) is 5.34. The highest BCUT2D eigenvalue weighted by Crippen LogP contribution is 2.31. The number of rotatable bonds is 5. The summed E-state index contributed by atoms with van der Waals surface area (Å²) in [6.45, 7) is 0.758. The van der Waals surface area contributed by atoms with Crippen molar-refractivity contribution in [3.8, 4) is 0 Å². The van der Waals surface area contributed by atoms with Gasteiger partial charge in [0.1, 0.15) is 0 Å². The summed E-state index contributed by atoms with van der Waals surface area (Å²) in [4.78, 5) is 23.0. The molecular weight excluding hydrogens is 482 g/mol. The Bertz CT molecular complexity index is 1550. The first kappa shape index (κ1) is 24.1. The zero-order chi connectivity index (χ0) is 25.2. The van der Waals surface area contributed by atoms with Crippen LogP contribution < -0.4 is 5.56 Å². The lowest BCUT2D eigenvalue weighted by Crippen LogP contribution is -2.39. The van der Waals surface area contributed by atoms with E-state index < -0.39 is 6.10 Å². The number of ether oxygens (including phenoxy) is 1. The smallest absolute Gasteiger partial charge is 0.261 e. The third-order valence-electron chi connectivity index (χ3n) is 7.27. The minimum absolute atomic E-state index is 0.109. The van der Waals surface area contributed by atoms with Gasteiger partial charge in [0.15, 0.2) is 0 Å². The zero-order valence-electron chi connectivity index (χ0n) is 20.5. The molecule has 188 valence electrons. The van der Waals surface area contributed by atoms with Gasteiger partial charge in [0.25, 0.3) is 5.56 Å². The largest absolute Gasteiger partial charge is 0.389 e. The predicted octanol–water partition coefficient (Wildman–Crippen LogP) is 5.28. The molecule has 3 aromatic carbocycles. The highest BCUT2D eigenvalue weighted by atomic mass is 32.2. The number of thioether (sulfide) groups is 1. The Morgan fingerprint density at radius 1 is 1.05 bits per heavy atom. The Morgan fingerprint density at radius 3 is 2.70 bits per heavy atom. The first-order valence-corrected chi connectivity index (χ1v) is 13.7. The molecule has 2 aliphatic heterocycles. The molecule has 3 atom stereocenters. The number of aliphatic imine (C=N–C) groups is 1. The molecule has 1 saturated heterocycles. The molecule has 6 rings (SSSR count). The van der Waals surface area contributed by atoms with Crippen molar-refractivity contribution in [3.05, 3.63) is 101 Å². The molecule has 0 bridgehead atoms. The predicted molar refractivity (Wildman–Crippen MR) is 150 cm³/mol. The summed E-state index contributed by atoms with van der Waals surface area (Å²) in [5.41, 5.74) is 3.03. The number of benzene rings is 3. The quantitative estimate of drug-likeness (QED) is 0.369. The van der Waals surface area contributed by atoms with E-state index in [2.05, 4.69) is 41.4 Å². The van der Waals surface area contributed by atoms with Crippen molar-refractivity contribution >= 4 is 38.5 Å². The molecule has 3 heterocycles. The molecule has 37 heavy (non-hydrogen) atoms. The average molecular weight is 512 g/mol. The lowest BCUT2D eigenvalue weighted by Gasteiger charge is -2.29. The fraction of sp³-hybridized carbons (Fsp3) is 0.300. The third kappa shape index (κ3) is 4.99. The highest BCUT2D eigenvalue weighted by molar-refractivity contribution is 8.13. The molecule has 7 heteroatoms. The van der Waals surface area contributed by atoms with Crippen LogP contribution in [0.2, 0.25) is 0 Å². The van der Waals surface area contributed by atoms with Crippen molar-refractivity contribution in [2.24, 2.45) is 10.9 Å². The normalized spacial score (nSPS) is 21.9. The number of aromatic nitrogens is 2. The van der Waals surface area contributed by atoms with Gasteiger partial charge >= 0.3 is 0 Å². The van der Waals surface area contributed by atoms with Crippen LogP contribution in [0, 0.1) is 5.92 Å². The number of fused-ring (bicyclic) bond motifs is 3. The Balaban J connectivity index is 1.31. The van der Waals surface area contributed by atoms with Crippen molar-refractivity contribution in [1.29, 1.82) is 0 Å². The molecule has 0 saturated carbocycles. The summed E-state index contributed by atoms with van der Waals surface area (Å²) in [5.74, 6) is 1.20. The van der Waals surface area contributed by atoms with Crippen LogP contribution >= 0.6 is 11.8 Å². The summed E-state index contributed by atoms with van der Waals surface area (Å²) < 4.78 is 6.97. The number of aliphatic hydroxyl groups is 1. The van der Waals surface area contributed by atoms with Crippen LogP contribution in [0.15, 0.2) is 89.1 Å². The van der Waals surface area contributed by atoms with Gasteiger partial charge in [-0.05, 0) is 41.3 Å². The van der Waals surface area contributed by atoms with Gasteiger partial charge in [-0.25, -0.2) is 4.98 Å². The molecule has 0 aliphatic carbocycles. The fourth-order valence-corrected chi connectivity index (χ4v) is 6.34. The maximum atomic E-state index is 13.7. The van der Waals surface area contributed by atoms with E-state index in [9.17, 15) is 9.90 Å². The molecular formula is C30H29N3O3S. The molecule has 0 amide bonds. The standard InChI is InChI=1S/C30H29N3O3S/c34-27-17-36-13-11-26(27)33-19-32-29-24-9-5-4-8-23(24)22(16-25(29)30(33)35)14-21-10-12-31-28(15-21)37-18-20-6-2-1-3-7-20/h1-10,12,16,19,21,26-27,34H,11,13-15,17-18H2. The summed E-state index contributed by atoms with van der Waals surface area (Å²) >= 11 is 1.79. The van der Waals surface area contributed by atoms with E-state index >= 15 is 0 Å². The average Bonchev–Trinajstić information content (AvgIpc) is 2.94. The Kier molecular flexibility index (Phi) is 6.91. The molecule has 2 aliphatic rings. The van der Waals surface area contributed by atoms with Gasteiger partial charge < -0.3 is 9.84 Å². The monoisotopic (exact) mass is 511 g/mol. The Hall–Kier alpha value is -3.26. The lowest BCUT2D eigenvalue weighted by molar-refractivity contribution is -0.0395. The molecule has 1 fully saturated rings. The second kappa shape index (κ2) is 10.6. The molecule has 1 aromatic heterocycles. The SMILES string of the molecule is O=c1c2cc(CC3C=CN=C(SCc4ccccc4)C3)c3ccccc3c2ncn1C1CCOCC1O. The molecule has 4 aromatic rings. The van der Waals surface area contributed by atoms with E-state index in [0.29, 0.717) is 29.8 Å². The van der Waals surface area contributed by atoms with Crippen molar-refractivity contribution in [3.63, 3.8) is 0 Å². The van der Waals surface area contributed by atoms with Crippen molar-refractivity contribution in [2.45, 2.75) is 37.2 Å². The molecule has 0 radical (unpaired) electrons. The first-order chi connectivity index (χ1) is 18.2. The van der Waals surface area contributed by atoms with Gasteiger partial charge in [-0.3, -0.25) is 14.4 Å². The van der Waals surface area contributed by atoms with E-state index in [1.54, 1.807) is 22.7 Å². The molecule has 3 unspecified atom stereocenters. The second-order valence-electron chi connectivity index (χ2n) is 9.74. The maximum Gasteiger partial charge on any atom is 0.261 e. The van der Waals surface area contributed by atoms with Gasteiger partial charge in [-0.2, -0.15) is 0 Å². The zero-order valence-corrected chi connectivity index (χ0v) is 21.3. The topological polar surface area (TPSA) is 76.7 Å². The van der Waals surface area contributed by atoms with Crippen LogP contribution in [-0.2, 0) is 16.9 Å². The maximum absolute atomic E-state index is 13.7. The van der Waals surface area contributed by atoms with Crippen LogP contribution in [0.3, 0.4) is 0 Å². The summed E-state index contributed by atoms with van der Waals surface area (Å²) in [7, 11) is 0. The van der Waals surface area contributed by atoms with E-state index in [0.717, 1.165) is 40.0 Å². The van der Waals surface area contributed by atoms with Gasteiger partial charge in [0.2, 0.25) is 0 Å². The van der Waals surface area contributed by atoms with Crippen LogP contribution in [0.1, 0.15) is 30.0 Å². The van der Waals surface area contributed by atoms with Gasteiger partial charge in [0, 0.05) is 30.4 Å². The van der Waals surface area contributed by atoms with Gasteiger partial charge in [-0.15, -0.1) is 11.8 Å². The number of hydrogen-bond donors (Lipinski definition) is 1. The minimum atomic E-state index is -0.718. The Morgan fingerprint density at radius 2 is 1.86 bits per heavy atom. The van der Waals surface area contributed by atoms with E-state index in [-0.39, 0.29) is 18.2 Å². The third-order valence-corrected chi connectivity index (χ3v) is 8.35. The van der Waals surface area contributed by atoms with E-state index in [1.165, 1.54) is 5.56 Å². The highest BCUT2D eigenvalue weighted by Gasteiger charge is 2.27. The van der Waals surface area contributed by atoms with Crippen LogP contribution in [-0.4, -0.2) is 39.0 Å². The van der Waals surface area contributed by atoms with E-state index in [1.807, 2.05) is 36.5 Å². The molecule has 1 N–H and O–H groups in total. The molecule has 6 nitrogen and oxygen atoms in total. The van der Waals surface area contributed by atoms with Gasteiger partial charge in [0.05, 0.1) is 41.0 Å². The molecule has 0 spiro atoms. The second-order valence-corrected chi connectivity index (χ2v) is 10.8. The lowest BCUT2D eigenvalue weighted by atomic mass is 9.91. The first-order valence-electron chi connectivity index (χ1n) is 12.7. The number of allylic oxidation sites excluding steroid dienone is 1. The van der Waals surface area contributed by atoms with Crippen LogP contribution in [0.5, 0.6) is 0 Å². The number of aliphatic hydroxyl groups excluding tert-OH is 1. The van der Waals surface area contributed by atoms with Crippen molar-refractivity contribution in [2.75, 3.05) is 13.2 Å². The van der Waals surface area contributed by atoms with Crippen molar-refractivity contribution in [1.82, 2.24) is 9.55 Å². The summed E-state index contributed by atoms with van der Waals surface area (Å²) in [6, 6.07) is 20.3. The number of hydrogen-bond acceptors (Lipinski definition) is 6. The van der Waals surface area contributed by atoms with Crippen LogP contribution in [0.25, 0.3) is 21.7 Å². The van der Waals surface area contributed by atoms with Crippen LogP contribution in [0.4, 0.5) is 0 Å². The minimum Gasteiger partial charge on any atom is -0.389 e. The summed E-state index contributed by atoms with van der Waals surface area (Å²) in [6.07, 6.45) is 7.25.